The molecule has 0 heteroatoms. The molecule has 7 heavy (non-hydrogen) atoms. The highest BCUT2D eigenvalue weighted by Gasteiger charge is 1.80. The highest BCUT2D eigenvalue weighted by atomic mass is 13.9. The third-order valence-corrected chi connectivity index (χ3v) is 0.986. The first kappa shape index (κ1) is 7.00. The number of hydrogen-bond donors (Lipinski definition) is 0. The Bertz CT molecular complexity index is 19.2. The van der Waals surface area contributed by atoms with Gasteiger partial charge in [-0.2, -0.15) is 0 Å². The van der Waals surface area contributed by atoms with Gasteiger partial charge in [0.1, 0.15) is 0 Å². The van der Waals surface area contributed by atoms with Gasteiger partial charge in [-0.05, 0) is 12.8 Å². The zero-order valence-corrected chi connectivity index (χ0v) is 5.28. The van der Waals surface area contributed by atoms with Gasteiger partial charge in [-0.25, -0.2) is 0 Å². The van der Waals surface area contributed by atoms with Crippen LogP contribution in [0.15, 0.2) is 0 Å². The van der Waals surface area contributed by atoms with Gasteiger partial charge in [0.25, 0.3) is 0 Å². The molecule has 0 saturated carbocycles. The van der Waals surface area contributed by atoms with Gasteiger partial charge in [0, 0.05) is 0 Å². The second-order valence-corrected chi connectivity index (χ2v) is 1.75. The van der Waals surface area contributed by atoms with E-state index in [0.29, 0.717) is 0 Å². The van der Waals surface area contributed by atoms with Crippen LogP contribution in [0.25, 0.3) is 0 Å². The van der Waals surface area contributed by atoms with Crippen LogP contribution in [-0.4, -0.2) is 0 Å². The molecule has 0 amide bonds. The van der Waals surface area contributed by atoms with Crippen LogP contribution >= 0.6 is 0 Å². The number of rotatable bonds is 4. The smallest absolute Gasteiger partial charge is 0.0417 e. The Morgan fingerprint density at radius 1 is 1.00 bits per heavy atom. The molecule has 0 aliphatic rings. The molecule has 0 unspecified atom stereocenters. The lowest BCUT2D eigenvalue weighted by Crippen LogP contribution is -1.72. The van der Waals surface area contributed by atoms with E-state index in [0.717, 1.165) is 0 Å². The maximum Gasteiger partial charge on any atom is -0.0417 e. The van der Waals surface area contributed by atoms with E-state index in [4.69, 9.17) is 0 Å². The van der Waals surface area contributed by atoms with Crippen molar-refractivity contribution in [2.24, 2.45) is 0 Å². The number of unbranched alkanes of at least 4 members (excludes halogenated alkanes) is 4. The molecular formula is C7H14. The monoisotopic (exact) mass is 98.1 g/mol. The lowest BCUT2D eigenvalue weighted by atomic mass is 10.2. The molecule has 0 nitrogen and oxygen atoms in total. The minimum Gasteiger partial charge on any atom is -0.0623 e. The van der Waals surface area contributed by atoms with E-state index in [1.807, 2.05) is 0 Å². The minimum absolute atomic E-state index is 1.27. The number of hydrogen-bond acceptors (Lipinski definition) is 0. The summed E-state index contributed by atoms with van der Waals surface area (Å²) < 4.78 is 0. The minimum atomic E-state index is 1.27. The van der Waals surface area contributed by atoms with Gasteiger partial charge in [0.05, 0.1) is 0 Å². The van der Waals surface area contributed by atoms with Crippen molar-refractivity contribution < 1.29 is 0 Å². The van der Waals surface area contributed by atoms with Gasteiger partial charge < -0.3 is 0 Å². The molecule has 0 aromatic carbocycles. The predicted molar refractivity (Wildman–Crippen MR) is 33.8 cm³/mol. The van der Waals surface area contributed by atoms with E-state index < -0.39 is 0 Å². The quantitative estimate of drug-likeness (QED) is 0.474. The van der Waals surface area contributed by atoms with E-state index in [1.54, 1.807) is 0 Å². The van der Waals surface area contributed by atoms with Crippen molar-refractivity contribution in [2.45, 2.75) is 33.1 Å². The summed E-state index contributed by atoms with van der Waals surface area (Å²) in [4.78, 5) is 0. The Labute approximate surface area is 46.9 Å². The zero-order chi connectivity index (χ0) is 5.54. The fourth-order valence-electron chi connectivity index (χ4n) is 0.526. The van der Waals surface area contributed by atoms with Gasteiger partial charge in [-0.15, -0.1) is 0 Å². The SMILES string of the molecule is C[CH]CCC[CH]C. The standard InChI is InChI=1S/C7H14/c1-3-5-7-6-4-2/h3-4H,5-7H2,1-2H3. The van der Waals surface area contributed by atoms with Gasteiger partial charge in [0.15, 0.2) is 0 Å². The maximum absolute atomic E-state index is 2.21. The van der Waals surface area contributed by atoms with Gasteiger partial charge in [-0.1, -0.05) is 33.1 Å². The molecule has 0 aliphatic carbocycles. The zero-order valence-electron chi connectivity index (χ0n) is 5.28. The van der Waals surface area contributed by atoms with Crippen molar-refractivity contribution in [3.05, 3.63) is 12.8 Å². The summed E-state index contributed by atoms with van der Waals surface area (Å²) in [5, 5.41) is 0. The topological polar surface area (TPSA) is 0 Å². The van der Waals surface area contributed by atoms with E-state index in [-0.39, 0.29) is 0 Å². The van der Waals surface area contributed by atoms with E-state index in [1.165, 1.54) is 19.3 Å². The van der Waals surface area contributed by atoms with Crippen molar-refractivity contribution in [1.29, 1.82) is 0 Å². The molecule has 0 bridgehead atoms. The largest absolute Gasteiger partial charge is 0.0623 e. The van der Waals surface area contributed by atoms with Crippen molar-refractivity contribution in [3.63, 3.8) is 0 Å². The van der Waals surface area contributed by atoms with Crippen LogP contribution < -0.4 is 0 Å². The Balaban J connectivity index is 2.45. The van der Waals surface area contributed by atoms with Crippen molar-refractivity contribution in [1.82, 2.24) is 0 Å². The summed E-state index contributed by atoms with van der Waals surface area (Å²) in [5.74, 6) is 0. The van der Waals surface area contributed by atoms with Crippen LogP contribution in [0.3, 0.4) is 0 Å². The third kappa shape index (κ3) is 6.00. The molecule has 0 spiro atoms. The molecule has 0 fully saturated rings. The first-order valence-corrected chi connectivity index (χ1v) is 2.97. The maximum atomic E-state index is 2.21. The second kappa shape index (κ2) is 6.00. The molecule has 0 aromatic rings. The van der Waals surface area contributed by atoms with Crippen LogP contribution in [0.1, 0.15) is 33.1 Å². The van der Waals surface area contributed by atoms with Gasteiger partial charge >= 0.3 is 0 Å². The van der Waals surface area contributed by atoms with Crippen LogP contribution in [0.4, 0.5) is 0 Å². The second-order valence-electron chi connectivity index (χ2n) is 1.75. The van der Waals surface area contributed by atoms with Crippen LogP contribution in [0.5, 0.6) is 0 Å². The molecule has 0 rings (SSSR count). The molecule has 0 heterocycles. The fraction of sp³-hybridized carbons (Fsp3) is 0.714. The lowest BCUT2D eigenvalue weighted by Gasteiger charge is -1.90. The molecule has 0 atom stereocenters. The Morgan fingerprint density at radius 2 is 1.43 bits per heavy atom. The molecule has 2 radical (unpaired) electrons. The fourth-order valence-corrected chi connectivity index (χ4v) is 0.526. The van der Waals surface area contributed by atoms with Crippen molar-refractivity contribution >= 4 is 0 Å². The summed E-state index contributed by atoms with van der Waals surface area (Å²) in [7, 11) is 0. The van der Waals surface area contributed by atoms with Gasteiger partial charge in [0.2, 0.25) is 0 Å². The summed E-state index contributed by atoms with van der Waals surface area (Å²) in [6.45, 7) is 4.21. The highest BCUT2D eigenvalue weighted by molar-refractivity contribution is 4.60. The van der Waals surface area contributed by atoms with Crippen LogP contribution in [0.2, 0.25) is 0 Å². The summed E-state index contributed by atoms with van der Waals surface area (Å²) in [6, 6.07) is 0. The predicted octanol–water partition coefficient (Wildman–Crippen LogP) is 2.61. The van der Waals surface area contributed by atoms with Gasteiger partial charge in [-0.3, -0.25) is 0 Å². The molecule has 0 N–H and O–H groups in total. The molecule has 42 valence electrons. The van der Waals surface area contributed by atoms with E-state index in [9.17, 15) is 0 Å². The molecule has 0 saturated heterocycles. The molecular weight excluding hydrogens is 84.1 g/mol. The average Bonchev–Trinajstić information content (AvgIpc) is 1.69. The average molecular weight is 98.2 g/mol. The Hall–Kier alpha value is 0. The first-order valence-electron chi connectivity index (χ1n) is 2.97. The third-order valence-electron chi connectivity index (χ3n) is 0.986. The lowest BCUT2D eigenvalue weighted by molar-refractivity contribution is 0.796. The molecule has 0 aromatic heterocycles. The van der Waals surface area contributed by atoms with Crippen molar-refractivity contribution in [3.8, 4) is 0 Å². The first-order chi connectivity index (χ1) is 3.41. The Kier molecular flexibility index (Phi) is 6.00. The summed E-state index contributed by atoms with van der Waals surface area (Å²) in [6.07, 6.45) is 8.29. The van der Waals surface area contributed by atoms with Crippen LogP contribution in [-0.2, 0) is 0 Å². The van der Waals surface area contributed by atoms with E-state index >= 15 is 0 Å². The summed E-state index contributed by atoms with van der Waals surface area (Å²) >= 11 is 0. The normalized spacial score (nSPS) is 9.43. The van der Waals surface area contributed by atoms with Crippen molar-refractivity contribution in [2.75, 3.05) is 0 Å². The molecule has 0 aliphatic heterocycles. The van der Waals surface area contributed by atoms with E-state index in [2.05, 4.69) is 26.7 Å². The Morgan fingerprint density at radius 3 is 1.71 bits per heavy atom. The van der Waals surface area contributed by atoms with Crippen LogP contribution in [0, 0.1) is 12.8 Å². The summed E-state index contributed by atoms with van der Waals surface area (Å²) in [5.41, 5.74) is 0. The highest BCUT2D eigenvalue weighted by Crippen LogP contribution is 1.98.